The summed E-state index contributed by atoms with van der Waals surface area (Å²) in [6.45, 7) is 1.69. The number of carbonyl (C=O) groups excluding carboxylic acids is 2. The smallest absolute Gasteiger partial charge is 0.472 e. The molecule has 0 unspecified atom stereocenters. The minimum atomic E-state index is -5.21. The van der Waals surface area contributed by atoms with Crippen LogP contribution in [0.2, 0.25) is 0 Å². The van der Waals surface area contributed by atoms with Crippen molar-refractivity contribution in [3.63, 3.8) is 0 Å². The number of benzene rings is 4. The van der Waals surface area contributed by atoms with Crippen molar-refractivity contribution in [1.82, 2.24) is 5.43 Å². The standard InChI is InChI=1S/C31H26F4N2O4/c1-20-16-24(27-18-26(40-2)14-15-28(27)32)11-10-23(20)17-21-8-12-25(13-9-21)37(36-29(38)31(33,34)35)30(39)41-19-22-6-4-3-5-7-22/h3-16,18H,17,19H2,1-2H3,(H,36,38). The molecule has 0 spiro atoms. The molecule has 0 aliphatic heterocycles. The molecule has 4 aromatic carbocycles. The van der Waals surface area contributed by atoms with Crippen molar-refractivity contribution in [1.29, 1.82) is 0 Å². The van der Waals surface area contributed by atoms with E-state index in [2.05, 4.69) is 0 Å². The second-order valence-electron chi connectivity index (χ2n) is 9.14. The van der Waals surface area contributed by atoms with Gasteiger partial charge in [0.05, 0.1) is 12.8 Å². The molecule has 2 amide bonds. The van der Waals surface area contributed by atoms with E-state index in [1.165, 1.54) is 25.3 Å². The molecular weight excluding hydrogens is 540 g/mol. The van der Waals surface area contributed by atoms with Crippen molar-refractivity contribution in [2.24, 2.45) is 0 Å². The van der Waals surface area contributed by atoms with Gasteiger partial charge in [-0.3, -0.25) is 4.79 Å². The van der Waals surface area contributed by atoms with Crippen LogP contribution in [0.3, 0.4) is 0 Å². The molecule has 10 heteroatoms. The summed E-state index contributed by atoms with van der Waals surface area (Å²) in [5.41, 5.74) is 5.89. The highest BCUT2D eigenvalue weighted by Crippen LogP contribution is 2.29. The molecule has 0 bridgehead atoms. The number of aryl methyl sites for hydroxylation is 1. The van der Waals surface area contributed by atoms with Gasteiger partial charge < -0.3 is 9.47 Å². The van der Waals surface area contributed by atoms with Gasteiger partial charge in [0.15, 0.2) is 0 Å². The normalized spacial score (nSPS) is 11.1. The third-order valence-corrected chi connectivity index (χ3v) is 6.27. The average Bonchev–Trinajstić information content (AvgIpc) is 2.96. The predicted molar refractivity (Wildman–Crippen MR) is 146 cm³/mol. The molecule has 0 aliphatic rings. The molecule has 0 atom stereocenters. The fourth-order valence-corrected chi connectivity index (χ4v) is 4.06. The number of rotatable bonds is 7. The van der Waals surface area contributed by atoms with Crippen LogP contribution < -0.4 is 15.2 Å². The third-order valence-electron chi connectivity index (χ3n) is 6.27. The van der Waals surface area contributed by atoms with Gasteiger partial charge >= 0.3 is 18.2 Å². The molecule has 0 heterocycles. The fourth-order valence-electron chi connectivity index (χ4n) is 4.06. The third kappa shape index (κ3) is 7.42. The number of amides is 2. The molecule has 4 rings (SSSR count). The Morgan fingerprint density at radius 3 is 2.22 bits per heavy atom. The van der Waals surface area contributed by atoms with Crippen LogP contribution in [0, 0.1) is 12.7 Å². The maximum atomic E-state index is 14.4. The minimum Gasteiger partial charge on any atom is -0.497 e. The van der Waals surface area contributed by atoms with E-state index in [-0.39, 0.29) is 18.1 Å². The summed E-state index contributed by atoms with van der Waals surface area (Å²) >= 11 is 0. The molecule has 0 fully saturated rings. The van der Waals surface area contributed by atoms with E-state index < -0.39 is 18.2 Å². The van der Waals surface area contributed by atoms with Gasteiger partial charge in [0.25, 0.3) is 0 Å². The number of alkyl halides is 3. The highest BCUT2D eigenvalue weighted by Gasteiger charge is 2.41. The topological polar surface area (TPSA) is 67.9 Å². The molecule has 1 N–H and O–H groups in total. The van der Waals surface area contributed by atoms with Crippen molar-refractivity contribution in [2.75, 3.05) is 12.1 Å². The molecule has 6 nitrogen and oxygen atoms in total. The van der Waals surface area contributed by atoms with Crippen molar-refractivity contribution in [3.05, 3.63) is 119 Å². The number of halogens is 4. The largest absolute Gasteiger partial charge is 0.497 e. The Labute approximate surface area is 234 Å². The lowest BCUT2D eigenvalue weighted by Crippen LogP contribution is -2.51. The Hall–Kier alpha value is -4.86. The van der Waals surface area contributed by atoms with Gasteiger partial charge in [0, 0.05) is 5.56 Å². The summed E-state index contributed by atoms with van der Waals surface area (Å²) in [4.78, 5) is 24.3. The second kappa shape index (κ2) is 12.5. The number of nitrogens with zero attached hydrogens (tertiary/aromatic N) is 1. The summed E-state index contributed by atoms with van der Waals surface area (Å²) in [5.74, 6) is -2.16. The van der Waals surface area contributed by atoms with E-state index in [9.17, 15) is 27.2 Å². The first-order valence-electron chi connectivity index (χ1n) is 12.5. The predicted octanol–water partition coefficient (Wildman–Crippen LogP) is 7.14. The van der Waals surface area contributed by atoms with E-state index in [1.54, 1.807) is 66.1 Å². The van der Waals surface area contributed by atoms with Crippen LogP contribution in [0.25, 0.3) is 11.1 Å². The van der Waals surface area contributed by atoms with Gasteiger partial charge in [-0.15, -0.1) is 0 Å². The number of hydrazine groups is 1. The summed E-state index contributed by atoms with van der Waals surface area (Å²) in [7, 11) is 1.51. The van der Waals surface area contributed by atoms with E-state index in [0.717, 1.165) is 16.7 Å². The number of hydrogen-bond donors (Lipinski definition) is 1. The Kier molecular flexibility index (Phi) is 8.91. The summed E-state index contributed by atoms with van der Waals surface area (Å²) in [6, 6.07) is 24.7. The first-order chi connectivity index (χ1) is 19.5. The lowest BCUT2D eigenvalue weighted by atomic mass is 9.95. The Morgan fingerprint density at radius 1 is 0.878 bits per heavy atom. The van der Waals surface area contributed by atoms with Crippen LogP contribution in [-0.2, 0) is 22.6 Å². The van der Waals surface area contributed by atoms with Gasteiger partial charge in [-0.25, -0.2) is 14.6 Å². The number of nitrogens with one attached hydrogen (secondary N) is 1. The van der Waals surface area contributed by atoms with Gasteiger partial charge in [0.1, 0.15) is 18.2 Å². The van der Waals surface area contributed by atoms with Crippen LogP contribution in [-0.4, -0.2) is 25.3 Å². The average molecular weight is 567 g/mol. The van der Waals surface area contributed by atoms with Crippen LogP contribution in [0.5, 0.6) is 5.75 Å². The van der Waals surface area contributed by atoms with Crippen LogP contribution in [0.1, 0.15) is 22.3 Å². The molecule has 0 saturated carbocycles. The van der Waals surface area contributed by atoms with Crippen LogP contribution >= 0.6 is 0 Å². The van der Waals surface area contributed by atoms with Crippen LogP contribution in [0.4, 0.5) is 28.0 Å². The molecule has 0 aliphatic carbocycles. The van der Waals surface area contributed by atoms with Gasteiger partial charge in [0.2, 0.25) is 0 Å². The maximum absolute atomic E-state index is 14.4. The fraction of sp³-hybridized carbons (Fsp3) is 0.161. The summed E-state index contributed by atoms with van der Waals surface area (Å²) in [5, 5.41) is 0.422. The first kappa shape index (κ1) is 29.1. The van der Waals surface area contributed by atoms with Gasteiger partial charge in [-0.1, -0.05) is 60.7 Å². The minimum absolute atomic E-state index is 0.0232. The Bertz CT molecular complexity index is 1520. The van der Waals surface area contributed by atoms with E-state index in [4.69, 9.17) is 9.47 Å². The molecule has 212 valence electrons. The van der Waals surface area contributed by atoms with Crippen molar-refractivity contribution < 1.29 is 36.6 Å². The number of methoxy groups -OCH3 is 1. The van der Waals surface area contributed by atoms with E-state index in [1.807, 2.05) is 19.1 Å². The molecular formula is C31H26F4N2O4. The zero-order valence-corrected chi connectivity index (χ0v) is 22.2. The summed E-state index contributed by atoms with van der Waals surface area (Å²) in [6.07, 6.45) is -5.94. The zero-order chi connectivity index (χ0) is 29.6. The van der Waals surface area contributed by atoms with Crippen molar-refractivity contribution in [3.8, 4) is 16.9 Å². The monoisotopic (exact) mass is 566 g/mol. The molecule has 0 saturated heterocycles. The van der Waals surface area contributed by atoms with E-state index in [0.29, 0.717) is 33.9 Å². The second-order valence-corrected chi connectivity index (χ2v) is 9.14. The number of ether oxygens (including phenoxy) is 2. The highest BCUT2D eigenvalue weighted by molar-refractivity contribution is 5.93. The number of carbonyl (C=O) groups is 2. The van der Waals surface area contributed by atoms with Crippen molar-refractivity contribution >= 4 is 17.7 Å². The number of hydrogen-bond acceptors (Lipinski definition) is 4. The van der Waals surface area contributed by atoms with Gasteiger partial charge in [-0.2, -0.15) is 18.2 Å². The van der Waals surface area contributed by atoms with Crippen molar-refractivity contribution in [2.45, 2.75) is 26.1 Å². The molecule has 41 heavy (non-hydrogen) atoms. The number of anilines is 1. The lowest BCUT2D eigenvalue weighted by molar-refractivity contribution is -0.173. The zero-order valence-electron chi connectivity index (χ0n) is 22.2. The summed E-state index contributed by atoms with van der Waals surface area (Å²) < 4.78 is 63.7. The molecule has 4 aromatic rings. The lowest BCUT2D eigenvalue weighted by Gasteiger charge is -2.23. The quantitative estimate of drug-likeness (QED) is 0.191. The maximum Gasteiger partial charge on any atom is 0.472 e. The van der Waals surface area contributed by atoms with Crippen LogP contribution in [0.15, 0.2) is 91.0 Å². The SMILES string of the molecule is COc1ccc(F)c(-c2ccc(Cc3ccc(N(NC(=O)C(F)(F)F)C(=O)OCc4ccccc4)cc3)c(C)c2)c1. The van der Waals surface area contributed by atoms with E-state index >= 15 is 0 Å². The highest BCUT2D eigenvalue weighted by atomic mass is 19.4. The Morgan fingerprint density at radius 2 is 1.59 bits per heavy atom. The first-order valence-corrected chi connectivity index (χ1v) is 12.5. The Balaban J connectivity index is 1.51. The molecule has 0 radical (unpaired) electrons. The molecule has 0 aromatic heterocycles. The van der Waals surface area contributed by atoms with Gasteiger partial charge in [-0.05, 0) is 71.5 Å².